The molecule has 4 heteroatoms. The lowest BCUT2D eigenvalue weighted by Gasteiger charge is -2.25. The number of benzene rings is 1. The first-order valence-corrected chi connectivity index (χ1v) is 5.66. The number of rotatable bonds is 3. The summed E-state index contributed by atoms with van der Waals surface area (Å²) in [6, 6.07) is 7.07. The van der Waals surface area contributed by atoms with Crippen LogP contribution in [0.15, 0.2) is 30.4 Å². The summed E-state index contributed by atoms with van der Waals surface area (Å²) >= 11 is 5.94. The van der Waals surface area contributed by atoms with Crippen LogP contribution in [-0.2, 0) is 4.79 Å². The molecule has 0 unspecified atom stereocenters. The second-order valence-corrected chi connectivity index (χ2v) is 4.49. The largest absolute Gasteiger partial charge is 0.372 e. The van der Waals surface area contributed by atoms with Crippen LogP contribution < -0.4 is 5.32 Å². The van der Waals surface area contributed by atoms with Gasteiger partial charge in [-0.3, -0.25) is 0 Å². The molecule has 0 aromatic heterocycles. The molecule has 2 rings (SSSR count). The van der Waals surface area contributed by atoms with E-state index >= 15 is 0 Å². The van der Waals surface area contributed by atoms with E-state index in [0.717, 1.165) is 12.0 Å². The van der Waals surface area contributed by atoms with Crippen molar-refractivity contribution >= 4 is 23.6 Å². The van der Waals surface area contributed by atoms with Crippen LogP contribution in [0.1, 0.15) is 18.4 Å². The summed E-state index contributed by atoms with van der Waals surface area (Å²) in [6.07, 6.45) is 6.24. The average molecular weight is 247 g/mol. The number of aldehydes is 1. The highest BCUT2D eigenvalue weighted by molar-refractivity contribution is 6.32. The maximum absolute atomic E-state index is 11.2. The van der Waals surface area contributed by atoms with E-state index in [-0.39, 0.29) is 0 Å². The number of halogens is 1. The van der Waals surface area contributed by atoms with Crippen LogP contribution in [0, 0.1) is 11.3 Å². The molecule has 0 atom stereocenters. The summed E-state index contributed by atoms with van der Waals surface area (Å²) in [7, 11) is 0. The zero-order valence-corrected chi connectivity index (χ0v) is 9.87. The number of anilines is 1. The second kappa shape index (κ2) is 4.60. The topological polar surface area (TPSA) is 52.9 Å². The van der Waals surface area contributed by atoms with Gasteiger partial charge in [-0.1, -0.05) is 23.8 Å². The molecule has 0 bridgehead atoms. The van der Waals surface area contributed by atoms with Gasteiger partial charge in [0.1, 0.15) is 12.4 Å². The predicted octanol–water partition coefficient (Wildman–Crippen LogP) is 2.91. The number of carbonyl (C=O) groups excluding carboxylic acids is 1. The van der Waals surface area contributed by atoms with Crippen LogP contribution in [0.25, 0.3) is 0 Å². The Labute approximate surface area is 105 Å². The fraction of sp³-hybridized carbons (Fsp3) is 0.231. The Balaban J connectivity index is 2.22. The van der Waals surface area contributed by atoms with Crippen molar-refractivity contribution in [3.63, 3.8) is 0 Å². The Bertz CT molecular complexity index is 509. The van der Waals surface area contributed by atoms with Gasteiger partial charge in [-0.2, -0.15) is 5.26 Å². The third-order valence-electron chi connectivity index (χ3n) is 2.84. The highest BCUT2D eigenvalue weighted by atomic mass is 35.5. The molecule has 1 aliphatic carbocycles. The third kappa shape index (κ3) is 2.32. The van der Waals surface area contributed by atoms with Crippen molar-refractivity contribution < 1.29 is 4.79 Å². The van der Waals surface area contributed by atoms with E-state index in [4.69, 9.17) is 16.9 Å². The van der Waals surface area contributed by atoms with Gasteiger partial charge in [0.2, 0.25) is 0 Å². The standard InChI is InChI=1S/C13H11ClN2O/c14-12-7-11(4-3-10(12)8-15)16-13(9-17)5-1-2-6-13/h1-4,7,9,16H,5-6H2. The molecule has 1 N–H and O–H groups in total. The average Bonchev–Trinajstić information content (AvgIpc) is 2.79. The molecule has 0 radical (unpaired) electrons. The van der Waals surface area contributed by atoms with Crippen LogP contribution >= 0.6 is 11.6 Å². The van der Waals surface area contributed by atoms with Crippen LogP contribution in [0.4, 0.5) is 5.69 Å². The molecule has 86 valence electrons. The minimum absolute atomic E-state index is 0.393. The van der Waals surface area contributed by atoms with Crippen molar-refractivity contribution in [2.75, 3.05) is 5.32 Å². The number of hydrogen-bond donors (Lipinski definition) is 1. The fourth-order valence-corrected chi connectivity index (χ4v) is 2.09. The quantitative estimate of drug-likeness (QED) is 0.659. The number of nitriles is 1. The van der Waals surface area contributed by atoms with Gasteiger partial charge in [-0.25, -0.2) is 0 Å². The molecule has 1 aromatic rings. The molecule has 3 nitrogen and oxygen atoms in total. The highest BCUT2D eigenvalue weighted by Gasteiger charge is 2.30. The number of carbonyl (C=O) groups is 1. The lowest BCUT2D eigenvalue weighted by atomic mass is 9.98. The first kappa shape index (κ1) is 11.7. The summed E-state index contributed by atoms with van der Waals surface area (Å²) < 4.78 is 0. The van der Waals surface area contributed by atoms with E-state index < -0.39 is 5.54 Å². The molecule has 17 heavy (non-hydrogen) atoms. The van der Waals surface area contributed by atoms with Crippen molar-refractivity contribution in [1.29, 1.82) is 5.26 Å². The van der Waals surface area contributed by atoms with Gasteiger partial charge in [0.25, 0.3) is 0 Å². The Morgan fingerprint density at radius 1 is 1.41 bits per heavy atom. The van der Waals surface area contributed by atoms with Gasteiger partial charge < -0.3 is 10.1 Å². The van der Waals surface area contributed by atoms with E-state index in [1.807, 2.05) is 18.2 Å². The maximum Gasteiger partial charge on any atom is 0.145 e. The molecule has 0 saturated carbocycles. The summed E-state index contributed by atoms with van der Waals surface area (Å²) in [5, 5.41) is 12.3. The van der Waals surface area contributed by atoms with Crippen LogP contribution in [-0.4, -0.2) is 11.8 Å². The van der Waals surface area contributed by atoms with Gasteiger partial charge in [-0.15, -0.1) is 0 Å². The van der Waals surface area contributed by atoms with Crippen molar-refractivity contribution in [2.45, 2.75) is 18.4 Å². The maximum atomic E-state index is 11.2. The third-order valence-corrected chi connectivity index (χ3v) is 3.15. The van der Waals surface area contributed by atoms with Gasteiger partial charge >= 0.3 is 0 Å². The molecular formula is C13H11ClN2O. The van der Waals surface area contributed by atoms with Crippen molar-refractivity contribution in [3.05, 3.63) is 40.9 Å². The second-order valence-electron chi connectivity index (χ2n) is 4.09. The summed E-state index contributed by atoms with van der Waals surface area (Å²) in [5.41, 5.74) is 0.629. The molecule has 1 aromatic carbocycles. The van der Waals surface area contributed by atoms with Crippen molar-refractivity contribution in [1.82, 2.24) is 0 Å². The first-order valence-electron chi connectivity index (χ1n) is 5.28. The molecule has 0 saturated heterocycles. The monoisotopic (exact) mass is 246 g/mol. The molecule has 0 fully saturated rings. The predicted molar refractivity (Wildman–Crippen MR) is 67.0 cm³/mol. The van der Waals surface area contributed by atoms with Crippen molar-refractivity contribution in [3.8, 4) is 6.07 Å². The molecule has 0 amide bonds. The van der Waals surface area contributed by atoms with E-state index in [0.29, 0.717) is 23.4 Å². The molecule has 0 aliphatic heterocycles. The van der Waals surface area contributed by atoms with Gasteiger partial charge in [0.05, 0.1) is 16.1 Å². The van der Waals surface area contributed by atoms with Gasteiger partial charge in [0.15, 0.2) is 0 Å². The number of nitrogens with zero attached hydrogens (tertiary/aromatic N) is 1. The van der Waals surface area contributed by atoms with Crippen LogP contribution in [0.3, 0.4) is 0 Å². The Kier molecular flexibility index (Phi) is 3.16. The fourth-order valence-electron chi connectivity index (χ4n) is 1.87. The zero-order chi connectivity index (χ0) is 12.3. The first-order chi connectivity index (χ1) is 8.19. The highest BCUT2D eigenvalue weighted by Crippen LogP contribution is 2.28. The SMILES string of the molecule is N#Cc1ccc(NC2(C=O)CC=CC2)cc1Cl. The summed E-state index contributed by atoms with van der Waals surface area (Å²) in [5.74, 6) is 0. The molecule has 0 spiro atoms. The van der Waals surface area contributed by atoms with Gasteiger partial charge in [0, 0.05) is 5.69 Å². The minimum atomic E-state index is -0.558. The molecule has 1 aliphatic rings. The number of nitrogens with one attached hydrogen (secondary N) is 1. The van der Waals surface area contributed by atoms with E-state index in [1.54, 1.807) is 18.2 Å². The smallest absolute Gasteiger partial charge is 0.145 e. The van der Waals surface area contributed by atoms with E-state index in [2.05, 4.69) is 5.32 Å². The van der Waals surface area contributed by atoms with E-state index in [9.17, 15) is 4.79 Å². The Morgan fingerprint density at radius 3 is 2.65 bits per heavy atom. The van der Waals surface area contributed by atoms with Crippen molar-refractivity contribution in [2.24, 2.45) is 0 Å². The van der Waals surface area contributed by atoms with Crippen LogP contribution in [0.2, 0.25) is 5.02 Å². The molecule has 0 heterocycles. The van der Waals surface area contributed by atoms with E-state index in [1.165, 1.54) is 0 Å². The Hall–Kier alpha value is -1.79. The minimum Gasteiger partial charge on any atom is -0.372 e. The zero-order valence-electron chi connectivity index (χ0n) is 9.11. The van der Waals surface area contributed by atoms with Crippen LogP contribution in [0.5, 0.6) is 0 Å². The lowest BCUT2D eigenvalue weighted by molar-refractivity contribution is -0.111. The normalized spacial score (nSPS) is 16.5. The molecular weight excluding hydrogens is 236 g/mol. The summed E-state index contributed by atoms with van der Waals surface area (Å²) in [6.45, 7) is 0. The Morgan fingerprint density at radius 2 is 2.12 bits per heavy atom. The number of hydrogen-bond acceptors (Lipinski definition) is 3. The lowest BCUT2D eigenvalue weighted by Crippen LogP contribution is -2.37. The summed E-state index contributed by atoms with van der Waals surface area (Å²) in [4.78, 5) is 11.2. The van der Waals surface area contributed by atoms with Gasteiger partial charge in [-0.05, 0) is 31.0 Å².